The average Bonchev–Trinajstić information content (AvgIpc) is 3.13. The first kappa shape index (κ1) is 18.4. The molecule has 0 aliphatic carbocycles. The van der Waals surface area contributed by atoms with Gasteiger partial charge in [-0.3, -0.25) is 18.8 Å². The number of para-hydroxylation sites is 1. The van der Waals surface area contributed by atoms with Crippen LogP contribution in [-0.2, 0) is 11.2 Å². The van der Waals surface area contributed by atoms with Crippen molar-refractivity contribution >= 4 is 34.1 Å². The number of carbonyl (C=O) groups excluding carboxylic acids is 2. The van der Waals surface area contributed by atoms with Gasteiger partial charge in [-0.15, -0.1) is 0 Å². The van der Waals surface area contributed by atoms with E-state index in [1.165, 1.54) is 23.7 Å². The highest BCUT2D eigenvalue weighted by atomic mass is 16.2. The van der Waals surface area contributed by atoms with E-state index in [9.17, 15) is 14.4 Å². The Bertz CT molecular complexity index is 1290. The van der Waals surface area contributed by atoms with E-state index in [1.54, 1.807) is 12.1 Å². The highest BCUT2D eigenvalue weighted by molar-refractivity contribution is 5.94. The Morgan fingerprint density at radius 2 is 2.00 bits per heavy atom. The minimum atomic E-state index is -0.446. The Labute approximate surface area is 165 Å². The van der Waals surface area contributed by atoms with Gasteiger partial charge in [0, 0.05) is 36.8 Å². The molecule has 4 rings (SSSR count). The first-order valence-corrected chi connectivity index (χ1v) is 9.15. The molecule has 0 atom stereocenters. The van der Waals surface area contributed by atoms with Crippen LogP contribution in [-0.4, -0.2) is 32.7 Å². The lowest BCUT2D eigenvalue weighted by Gasteiger charge is -2.08. The average molecular weight is 389 g/mol. The molecule has 1 aromatic carbocycles. The van der Waals surface area contributed by atoms with Gasteiger partial charge in [-0.05, 0) is 30.2 Å². The van der Waals surface area contributed by atoms with Gasteiger partial charge in [-0.1, -0.05) is 18.2 Å². The number of amides is 2. The van der Waals surface area contributed by atoms with E-state index in [2.05, 4.69) is 20.6 Å². The topological polar surface area (TPSA) is 108 Å². The fourth-order valence-corrected chi connectivity index (χ4v) is 3.24. The molecule has 3 N–H and O–H groups in total. The van der Waals surface area contributed by atoms with Gasteiger partial charge in [0.2, 0.25) is 5.91 Å². The molecule has 0 radical (unpaired) electrons. The second-order valence-electron chi connectivity index (χ2n) is 6.67. The van der Waals surface area contributed by atoms with Crippen LogP contribution in [0.5, 0.6) is 0 Å². The Morgan fingerprint density at radius 1 is 1.17 bits per heavy atom. The molecule has 2 amide bonds. The Hall–Kier alpha value is -3.94. The molecule has 0 saturated carbocycles. The number of nitrogens with zero attached hydrogens (tertiary/aromatic N) is 2. The zero-order chi connectivity index (χ0) is 20.4. The predicted octanol–water partition coefficient (Wildman–Crippen LogP) is 2.11. The third-order valence-electron chi connectivity index (χ3n) is 4.63. The number of rotatable bonds is 5. The third-order valence-corrected chi connectivity index (χ3v) is 4.63. The minimum Gasteiger partial charge on any atom is -0.361 e. The molecular weight excluding hydrogens is 370 g/mol. The van der Waals surface area contributed by atoms with Gasteiger partial charge >= 0.3 is 0 Å². The highest BCUT2D eigenvalue weighted by Gasteiger charge is 2.11. The molecule has 146 valence electrons. The van der Waals surface area contributed by atoms with Crippen LogP contribution in [0.4, 0.5) is 5.69 Å². The normalized spacial score (nSPS) is 10.9. The van der Waals surface area contributed by atoms with Crippen LogP contribution in [0, 0.1) is 0 Å². The lowest BCUT2D eigenvalue weighted by Crippen LogP contribution is -2.27. The van der Waals surface area contributed by atoms with Gasteiger partial charge in [0.25, 0.3) is 11.5 Å². The van der Waals surface area contributed by atoms with Crippen LogP contribution in [0.3, 0.4) is 0 Å². The summed E-state index contributed by atoms with van der Waals surface area (Å²) in [7, 11) is 0. The number of aromatic amines is 1. The SMILES string of the molecule is CC(=O)Nc1cnc2ccc(C(=O)NCCc3c[nH]c4ccccc34)cn2c1=O. The number of carbonyl (C=O) groups is 2. The van der Waals surface area contributed by atoms with Crippen molar-refractivity contribution in [1.29, 1.82) is 0 Å². The summed E-state index contributed by atoms with van der Waals surface area (Å²) in [5, 5.41) is 6.45. The summed E-state index contributed by atoms with van der Waals surface area (Å²) in [6.45, 7) is 1.77. The van der Waals surface area contributed by atoms with Gasteiger partial charge in [0.05, 0.1) is 11.8 Å². The highest BCUT2D eigenvalue weighted by Crippen LogP contribution is 2.17. The third kappa shape index (κ3) is 3.73. The van der Waals surface area contributed by atoms with E-state index in [-0.39, 0.29) is 17.5 Å². The van der Waals surface area contributed by atoms with Crippen molar-refractivity contribution in [3.8, 4) is 0 Å². The first-order chi connectivity index (χ1) is 14.0. The van der Waals surface area contributed by atoms with Crippen LogP contribution in [0.25, 0.3) is 16.6 Å². The van der Waals surface area contributed by atoms with E-state index < -0.39 is 5.56 Å². The molecule has 0 fully saturated rings. The fourth-order valence-electron chi connectivity index (χ4n) is 3.24. The molecular formula is C21H19N5O3. The summed E-state index contributed by atoms with van der Waals surface area (Å²) in [5.74, 6) is -0.654. The number of hydrogen-bond acceptors (Lipinski definition) is 4. The largest absolute Gasteiger partial charge is 0.361 e. The lowest BCUT2D eigenvalue weighted by atomic mass is 10.1. The van der Waals surface area contributed by atoms with E-state index in [0.29, 0.717) is 24.2 Å². The molecule has 0 spiro atoms. The number of nitrogens with one attached hydrogen (secondary N) is 3. The van der Waals surface area contributed by atoms with Crippen LogP contribution in [0.1, 0.15) is 22.8 Å². The van der Waals surface area contributed by atoms with Crippen molar-refractivity contribution in [2.45, 2.75) is 13.3 Å². The van der Waals surface area contributed by atoms with Crippen LogP contribution < -0.4 is 16.2 Å². The molecule has 4 aromatic rings. The maximum Gasteiger partial charge on any atom is 0.281 e. The molecule has 8 heteroatoms. The Morgan fingerprint density at radius 3 is 2.83 bits per heavy atom. The summed E-state index contributed by atoms with van der Waals surface area (Å²) in [5.41, 5.74) is 2.52. The van der Waals surface area contributed by atoms with E-state index in [4.69, 9.17) is 0 Å². The standard InChI is InChI=1S/C21H19N5O3/c1-13(27)25-18-11-24-19-7-6-15(12-26(19)21(18)29)20(28)22-9-8-14-10-23-17-5-3-2-4-16(14)17/h2-7,10-12,23H,8-9H2,1H3,(H,22,28)(H,25,27). The van der Waals surface area contributed by atoms with Crippen molar-refractivity contribution in [3.05, 3.63) is 76.5 Å². The van der Waals surface area contributed by atoms with Gasteiger partial charge in [0.15, 0.2) is 0 Å². The molecule has 8 nitrogen and oxygen atoms in total. The van der Waals surface area contributed by atoms with Crippen molar-refractivity contribution in [3.63, 3.8) is 0 Å². The van der Waals surface area contributed by atoms with Crippen LogP contribution >= 0.6 is 0 Å². The maximum absolute atomic E-state index is 12.5. The maximum atomic E-state index is 12.5. The molecule has 0 bridgehead atoms. The summed E-state index contributed by atoms with van der Waals surface area (Å²) < 4.78 is 1.25. The second-order valence-corrected chi connectivity index (χ2v) is 6.67. The van der Waals surface area contributed by atoms with Gasteiger partial charge in [0.1, 0.15) is 11.3 Å². The van der Waals surface area contributed by atoms with Gasteiger partial charge in [-0.2, -0.15) is 0 Å². The predicted molar refractivity (Wildman–Crippen MR) is 110 cm³/mol. The molecule has 0 aliphatic heterocycles. The van der Waals surface area contributed by atoms with E-state index in [0.717, 1.165) is 16.5 Å². The van der Waals surface area contributed by atoms with E-state index >= 15 is 0 Å². The zero-order valence-corrected chi connectivity index (χ0v) is 15.7. The van der Waals surface area contributed by atoms with Crippen molar-refractivity contribution in [1.82, 2.24) is 19.7 Å². The summed E-state index contributed by atoms with van der Waals surface area (Å²) >= 11 is 0. The summed E-state index contributed by atoms with van der Waals surface area (Å²) in [6, 6.07) is 11.2. The molecule has 0 aliphatic rings. The molecule has 0 saturated heterocycles. The smallest absolute Gasteiger partial charge is 0.281 e. The number of anilines is 1. The summed E-state index contributed by atoms with van der Waals surface area (Å²) in [6.07, 6.45) is 5.36. The Balaban J connectivity index is 1.50. The number of H-pyrrole nitrogens is 1. The zero-order valence-electron chi connectivity index (χ0n) is 15.7. The van der Waals surface area contributed by atoms with Crippen LogP contribution in [0.2, 0.25) is 0 Å². The summed E-state index contributed by atoms with van der Waals surface area (Å²) in [4.78, 5) is 43.6. The van der Waals surface area contributed by atoms with Crippen molar-refractivity contribution in [2.75, 3.05) is 11.9 Å². The van der Waals surface area contributed by atoms with Gasteiger partial charge in [-0.25, -0.2) is 4.98 Å². The minimum absolute atomic E-state index is 0.0619. The molecule has 0 unspecified atom stereocenters. The van der Waals surface area contributed by atoms with Gasteiger partial charge < -0.3 is 15.6 Å². The number of fused-ring (bicyclic) bond motifs is 2. The second kappa shape index (κ2) is 7.59. The number of aromatic nitrogens is 3. The number of pyridine rings is 1. The number of hydrogen-bond donors (Lipinski definition) is 3. The first-order valence-electron chi connectivity index (χ1n) is 9.15. The molecule has 29 heavy (non-hydrogen) atoms. The Kier molecular flexibility index (Phi) is 4.82. The van der Waals surface area contributed by atoms with Crippen LogP contribution in [0.15, 0.2) is 59.8 Å². The van der Waals surface area contributed by atoms with Crippen molar-refractivity contribution < 1.29 is 9.59 Å². The lowest BCUT2D eigenvalue weighted by molar-refractivity contribution is -0.114. The quantitative estimate of drug-likeness (QED) is 0.486. The van der Waals surface area contributed by atoms with E-state index in [1.807, 2.05) is 30.5 Å². The monoisotopic (exact) mass is 389 g/mol. The molecule has 3 aromatic heterocycles. The molecule has 3 heterocycles. The van der Waals surface area contributed by atoms with Crippen molar-refractivity contribution in [2.24, 2.45) is 0 Å². The fraction of sp³-hybridized carbons (Fsp3) is 0.143. The number of benzene rings is 1.